The van der Waals surface area contributed by atoms with Crippen LogP contribution in [0.25, 0.3) is 98.8 Å². The van der Waals surface area contributed by atoms with Gasteiger partial charge in [-0.05, 0) is 149 Å². The van der Waals surface area contributed by atoms with Crippen molar-refractivity contribution in [1.29, 1.82) is 0 Å². The van der Waals surface area contributed by atoms with Gasteiger partial charge in [-0.3, -0.25) is 0 Å². The first kappa shape index (κ1) is 41.0. The van der Waals surface area contributed by atoms with E-state index in [-0.39, 0.29) is 12.0 Å². The smallest absolute Gasteiger partial charge is 0.0722 e. The summed E-state index contributed by atoms with van der Waals surface area (Å²) in [5, 5.41) is 14.5. The number of hydrogen-bond acceptors (Lipinski definition) is 1. The summed E-state index contributed by atoms with van der Waals surface area (Å²) in [4.78, 5) is 2.56. The zero-order chi connectivity index (χ0) is 47.0. The molecule has 13 aromatic rings. The number of benzene rings is 12. The van der Waals surface area contributed by atoms with E-state index < -0.39 is 0 Å². The van der Waals surface area contributed by atoms with E-state index >= 15 is 0 Å². The van der Waals surface area contributed by atoms with Crippen molar-refractivity contribution in [1.82, 2.24) is 4.57 Å². The van der Waals surface area contributed by atoms with Gasteiger partial charge in [0.05, 0.1) is 17.3 Å². The number of anilines is 2. The zero-order valence-corrected chi connectivity index (χ0v) is 39.4. The van der Waals surface area contributed by atoms with Crippen LogP contribution in [0.2, 0.25) is 0 Å². The van der Waals surface area contributed by atoms with Gasteiger partial charge in [-0.1, -0.05) is 206 Å². The number of rotatable bonds is 4. The van der Waals surface area contributed by atoms with Crippen LogP contribution < -0.4 is 4.90 Å². The number of aryl methyl sites for hydroxylation is 1. The highest BCUT2D eigenvalue weighted by Gasteiger charge is 2.43. The Morgan fingerprint density at radius 2 is 0.887 bits per heavy atom. The fourth-order valence-corrected chi connectivity index (χ4v) is 12.1. The molecule has 1 aliphatic heterocycles. The quantitative estimate of drug-likeness (QED) is 0.160. The first-order chi connectivity index (χ1) is 35.2. The molecule has 15 rings (SSSR count). The Balaban J connectivity index is 0.000000267. The van der Waals surface area contributed by atoms with Gasteiger partial charge >= 0.3 is 0 Å². The van der Waals surface area contributed by atoms with Crippen molar-refractivity contribution in [2.24, 2.45) is 0 Å². The van der Waals surface area contributed by atoms with Crippen LogP contribution >= 0.6 is 0 Å². The van der Waals surface area contributed by atoms with Gasteiger partial charge in [-0.25, -0.2) is 0 Å². The normalized spacial score (nSPS) is 14.7. The molecule has 2 atom stereocenters. The van der Waals surface area contributed by atoms with Gasteiger partial charge in [0, 0.05) is 33.9 Å². The van der Waals surface area contributed by atoms with Crippen LogP contribution in [0, 0.1) is 6.92 Å². The fourth-order valence-electron chi connectivity index (χ4n) is 12.1. The van der Waals surface area contributed by atoms with Gasteiger partial charge in [-0.2, -0.15) is 0 Å². The summed E-state index contributed by atoms with van der Waals surface area (Å²) in [6.45, 7) is 2.18. The van der Waals surface area contributed by atoms with E-state index in [0.717, 1.165) is 0 Å². The minimum atomic E-state index is 0.162. The number of fused-ring (bicyclic) bond motifs is 16. The Bertz CT molecular complexity index is 4220. The number of para-hydroxylation sites is 3. The van der Waals surface area contributed by atoms with Crippen molar-refractivity contribution < 1.29 is 0 Å². The van der Waals surface area contributed by atoms with E-state index in [1.165, 1.54) is 126 Å². The van der Waals surface area contributed by atoms with Crippen molar-refractivity contribution in [2.75, 3.05) is 4.90 Å². The van der Waals surface area contributed by atoms with E-state index in [4.69, 9.17) is 0 Å². The van der Waals surface area contributed by atoms with Gasteiger partial charge < -0.3 is 9.47 Å². The predicted octanol–water partition coefficient (Wildman–Crippen LogP) is 18.7. The third-order valence-corrected chi connectivity index (χ3v) is 15.3. The van der Waals surface area contributed by atoms with Crippen LogP contribution in [0.4, 0.5) is 11.4 Å². The van der Waals surface area contributed by atoms with Crippen LogP contribution in [-0.4, -0.2) is 4.57 Å². The van der Waals surface area contributed by atoms with Crippen molar-refractivity contribution in [3.8, 4) is 27.9 Å². The van der Waals surface area contributed by atoms with E-state index in [1.54, 1.807) is 0 Å². The predicted molar refractivity (Wildman–Crippen MR) is 302 cm³/mol. The topological polar surface area (TPSA) is 8.17 Å². The molecule has 0 amide bonds. The minimum Gasteiger partial charge on any atom is -0.333 e. The lowest BCUT2D eigenvalue weighted by Crippen LogP contribution is -2.24. The van der Waals surface area contributed by atoms with Crippen molar-refractivity contribution >= 4 is 82.2 Å². The molecule has 0 saturated heterocycles. The lowest BCUT2D eigenvalue weighted by atomic mass is 9.84. The molecular formula is C69H48N2. The number of nitrogens with zero attached hydrogens (tertiary/aromatic N) is 2. The molecule has 2 heterocycles. The van der Waals surface area contributed by atoms with Crippen LogP contribution in [0.5, 0.6) is 0 Å². The highest BCUT2D eigenvalue weighted by Crippen LogP contribution is 2.57. The second-order valence-electron chi connectivity index (χ2n) is 19.2. The van der Waals surface area contributed by atoms with Crippen molar-refractivity contribution in [3.63, 3.8) is 0 Å². The van der Waals surface area contributed by atoms with Gasteiger partial charge in [-0.15, -0.1) is 0 Å². The van der Waals surface area contributed by atoms with Crippen LogP contribution in [0.15, 0.2) is 255 Å². The summed E-state index contributed by atoms with van der Waals surface area (Å²) >= 11 is 0. The average Bonchev–Trinajstić information content (AvgIpc) is 3.97. The Labute approximate surface area is 413 Å². The Hall–Kier alpha value is -8.98. The molecule has 2 aliphatic rings. The molecule has 334 valence electrons. The highest BCUT2D eigenvalue weighted by atomic mass is 15.2. The lowest BCUT2D eigenvalue weighted by molar-refractivity contribution is 0.669. The molecule has 0 bridgehead atoms. The van der Waals surface area contributed by atoms with E-state index in [0.29, 0.717) is 0 Å². The third-order valence-electron chi connectivity index (χ3n) is 15.3. The maximum Gasteiger partial charge on any atom is 0.0722 e. The molecule has 0 N–H and O–H groups in total. The molecule has 0 saturated carbocycles. The maximum absolute atomic E-state index is 2.56. The van der Waals surface area contributed by atoms with Gasteiger partial charge in [0.1, 0.15) is 0 Å². The molecule has 1 aliphatic carbocycles. The molecule has 0 radical (unpaired) electrons. The molecule has 2 heteroatoms. The second-order valence-corrected chi connectivity index (χ2v) is 19.2. The molecule has 1 aromatic heterocycles. The highest BCUT2D eigenvalue weighted by molar-refractivity contribution is 6.25. The fraction of sp³-hybridized carbons (Fsp3) is 0.0435. The zero-order valence-electron chi connectivity index (χ0n) is 39.4. The third kappa shape index (κ3) is 6.63. The summed E-state index contributed by atoms with van der Waals surface area (Å²) in [6, 6.07) is 91.1. The maximum atomic E-state index is 2.56. The molecule has 2 nitrogen and oxygen atoms in total. The first-order valence-electron chi connectivity index (χ1n) is 24.8. The average molecular weight is 905 g/mol. The molecule has 0 spiro atoms. The standard InChI is InChI=1S/C54H36N2.C15H12/c1-2-15-39(16-3-1)56-50-23-10-8-21-46(50)47-31-32-52-53(54(47)56)48-22-9-11-24-51(48)55(52)40-28-25-35(26-29-40)36-13-12-14-37(33-36)38-27-30-45-43-19-5-4-17-41(43)42-18-6-7-20-44(42)49(45)34-38;1-11-10-12-6-2-3-8-14(12)15-9-5-4-7-13(11)15/h1-34,47,54H;2-10H,1H3. The Morgan fingerprint density at radius 3 is 1.62 bits per heavy atom. The summed E-state index contributed by atoms with van der Waals surface area (Å²) in [6.07, 6.45) is 4.80. The number of hydrogen-bond donors (Lipinski definition) is 0. The molecule has 2 unspecified atom stereocenters. The van der Waals surface area contributed by atoms with Crippen molar-refractivity contribution in [3.05, 3.63) is 277 Å². The molecule has 12 aromatic carbocycles. The monoisotopic (exact) mass is 904 g/mol. The van der Waals surface area contributed by atoms with Gasteiger partial charge in [0.15, 0.2) is 0 Å². The van der Waals surface area contributed by atoms with Gasteiger partial charge in [0.25, 0.3) is 0 Å². The van der Waals surface area contributed by atoms with Gasteiger partial charge in [0.2, 0.25) is 0 Å². The Morgan fingerprint density at radius 1 is 0.352 bits per heavy atom. The molecule has 0 fully saturated rings. The minimum absolute atomic E-state index is 0.162. The molecule has 71 heavy (non-hydrogen) atoms. The van der Waals surface area contributed by atoms with E-state index in [2.05, 4.69) is 277 Å². The first-order valence-corrected chi connectivity index (χ1v) is 24.8. The van der Waals surface area contributed by atoms with Crippen molar-refractivity contribution in [2.45, 2.75) is 18.9 Å². The second kappa shape index (κ2) is 16.6. The van der Waals surface area contributed by atoms with Crippen LogP contribution in [0.3, 0.4) is 0 Å². The summed E-state index contributed by atoms with van der Waals surface area (Å²) in [5.41, 5.74) is 15.2. The Kier molecular flexibility index (Phi) is 9.60. The SMILES string of the molecule is C1=CC2c3ccccc3N(c3ccccc3)C2c2c1n(-c1ccc(-c3cccc(-c4ccc5c6ccccc6c6ccccc6c5c4)c3)cc1)c1ccccc21.Cc1cc2ccccc2c2ccccc12. The molecular weight excluding hydrogens is 857 g/mol. The van der Waals surface area contributed by atoms with Crippen LogP contribution in [-0.2, 0) is 0 Å². The number of aromatic nitrogens is 1. The largest absolute Gasteiger partial charge is 0.333 e. The summed E-state index contributed by atoms with van der Waals surface area (Å²) in [7, 11) is 0. The van der Waals surface area contributed by atoms with Crippen LogP contribution in [0.1, 0.15) is 34.3 Å². The summed E-state index contributed by atoms with van der Waals surface area (Å²) in [5.74, 6) is 0.272. The van der Waals surface area contributed by atoms with E-state index in [1.807, 2.05) is 0 Å². The summed E-state index contributed by atoms with van der Waals surface area (Å²) < 4.78 is 2.47. The lowest BCUT2D eigenvalue weighted by Gasteiger charge is -2.32. The van der Waals surface area contributed by atoms with E-state index in [9.17, 15) is 0 Å².